The Labute approximate surface area is 188 Å². The molecule has 0 spiro atoms. The zero-order chi connectivity index (χ0) is 22.0. The maximum atomic E-state index is 13.7. The van der Waals surface area contributed by atoms with Crippen LogP contribution in [0, 0.1) is 11.8 Å². The number of benzene rings is 2. The van der Waals surface area contributed by atoms with Crippen LogP contribution in [0.15, 0.2) is 77.5 Å². The molecule has 0 unspecified atom stereocenters. The molecule has 158 valence electrons. The zero-order valence-electron chi connectivity index (χ0n) is 16.7. The predicted octanol–water partition coefficient (Wildman–Crippen LogP) is 4.33. The number of fused-ring (bicyclic) bond motifs is 5. The number of carbonyl (C=O) groups excluding carboxylic acids is 3. The summed E-state index contributed by atoms with van der Waals surface area (Å²) in [5.41, 5.74) is 2.36. The monoisotopic (exact) mass is 444 g/mol. The third-order valence-corrected chi connectivity index (χ3v) is 6.83. The van der Waals surface area contributed by atoms with Crippen LogP contribution in [0.1, 0.15) is 27.7 Å². The molecule has 1 aromatic heterocycles. The van der Waals surface area contributed by atoms with Gasteiger partial charge in [0.15, 0.2) is 5.76 Å². The second-order valence-corrected chi connectivity index (χ2v) is 8.60. The molecule has 6 nitrogen and oxygen atoms in total. The normalized spacial score (nSPS) is 25.7. The summed E-state index contributed by atoms with van der Waals surface area (Å²) < 4.78 is 5.37. The lowest BCUT2D eigenvalue weighted by molar-refractivity contribution is -0.123. The van der Waals surface area contributed by atoms with E-state index in [1.54, 1.807) is 36.4 Å². The van der Waals surface area contributed by atoms with Crippen LogP contribution >= 0.6 is 11.6 Å². The van der Waals surface area contributed by atoms with Gasteiger partial charge < -0.3 is 9.32 Å². The molecule has 4 atom stereocenters. The Balaban J connectivity index is 1.50. The first-order valence-corrected chi connectivity index (χ1v) is 10.7. The van der Waals surface area contributed by atoms with Gasteiger partial charge >= 0.3 is 0 Å². The predicted molar refractivity (Wildman–Crippen MR) is 118 cm³/mol. The molecule has 2 amide bonds. The average Bonchev–Trinajstić information content (AvgIpc) is 3.51. The van der Waals surface area contributed by atoms with E-state index in [4.69, 9.17) is 16.0 Å². The Morgan fingerprint density at radius 1 is 0.906 bits per heavy atom. The van der Waals surface area contributed by atoms with Crippen molar-refractivity contribution in [3.05, 3.63) is 95.0 Å². The molecule has 0 N–H and O–H groups in total. The van der Waals surface area contributed by atoms with E-state index < -0.39 is 23.9 Å². The Morgan fingerprint density at radius 3 is 2.41 bits per heavy atom. The van der Waals surface area contributed by atoms with Gasteiger partial charge in [0.2, 0.25) is 17.6 Å². The first-order valence-electron chi connectivity index (χ1n) is 10.3. The quantitative estimate of drug-likeness (QED) is 0.444. The van der Waals surface area contributed by atoms with Crippen molar-refractivity contribution in [2.45, 2.75) is 12.1 Å². The number of rotatable bonds is 3. The number of amides is 2. The van der Waals surface area contributed by atoms with E-state index >= 15 is 0 Å². The van der Waals surface area contributed by atoms with Gasteiger partial charge in [-0.1, -0.05) is 35.9 Å². The molecule has 4 heterocycles. The molecular weight excluding hydrogens is 428 g/mol. The molecule has 0 bridgehead atoms. The molecule has 0 aliphatic carbocycles. The summed E-state index contributed by atoms with van der Waals surface area (Å²) in [4.78, 5) is 43.9. The Morgan fingerprint density at radius 2 is 1.66 bits per heavy atom. The maximum absolute atomic E-state index is 13.7. The summed E-state index contributed by atoms with van der Waals surface area (Å²) in [6.07, 6.45) is 5.17. The van der Waals surface area contributed by atoms with Crippen molar-refractivity contribution in [1.29, 1.82) is 0 Å². The molecule has 3 aliphatic rings. The van der Waals surface area contributed by atoms with Crippen molar-refractivity contribution >= 4 is 41.0 Å². The fourth-order valence-corrected chi connectivity index (χ4v) is 5.39. The Kier molecular flexibility index (Phi) is 4.13. The molecule has 7 heteroatoms. The van der Waals surface area contributed by atoms with Gasteiger partial charge in [-0.15, -0.1) is 0 Å². The lowest BCUT2D eigenvalue weighted by Crippen LogP contribution is -2.44. The minimum atomic E-state index is -0.838. The molecule has 3 aromatic rings. The van der Waals surface area contributed by atoms with Crippen LogP contribution in [-0.2, 0) is 9.59 Å². The van der Waals surface area contributed by atoms with E-state index in [0.29, 0.717) is 10.7 Å². The van der Waals surface area contributed by atoms with Crippen molar-refractivity contribution < 1.29 is 18.8 Å². The number of halogens is 1. The number of carbonyl (C=O) groups is 3. The Bertz CT molecular complexity index is 1280. The second kappa shape index (κ2) is 6.93. The van der Waals surface area contributed by atoms with Crippen LogP contribution < -0.4 is 4.90 Å². The van der Waals surface area contributed by atoms with Crippen LogP contribution in [0.5, 0.6) is 0 Å². The highest BCUT2D eigenvalue weighted by Crippen LogP contribution is 2.53. The van der Waals surface area contributed by atoms with E-state index in [9.17, 15) is 14.4 Å². The average molecular weight is 445 g/mol. The van der Waals surface area contributed by atoms with Gasteiger partial charge in [-0.3, -0.25) is 14.4 Å². The fourth-order valence-electron chi connectivity index (χ4n) is 5.27. The number of ketones is 1. The number of furan rings is 1. The highest BCUT2D eigenvalue weighted by molar-refractivity contribution is 6.31. The van der Waals surface area contributed by atoms with Gasteiger partial charge in [0.25, 0.3) is 0 Å². The van der Waals surface area contributed by atoms with Gasteiger partial charge in [-0.25, -0.2) is 4.90 Å². The summed E-state index contributed by atoms with van der Waals surface area (Å²) in [7, 11) is 0. The van der Waals surface area contributed by atoms with Gasteiger partial charge in [-0.2, -0.15) is 0 Å². The first-order chi connectivity index (χ1) is 15.6. The summed E-state index contributed by atoms with van der Waals surface area (Å²) in [5.74, 6) is -2.34. The topological polar surface area (TPSA) is 70.8 Å². The highest BCUT2D eigenvalue weighted by atomic mass is 35.5. The molecule has 6 rings (SSSR count). The fraction of sp³-hybridized carbons (Fsp3) is 0.160. The van der Waals surface area contributed by atoms with E-state index in [2.05, 4.69) is 0 Å². The molecule has 32 heavy (non-hydrogen) atoms. The number of imide groups is 1. The number of Topliss-reactive ketones (excluding diaryl/α,β-unsaturated/α-hetero) is 1. The van der Waals surface area contributed by atoms with Crippen molar-refractivity contribution in [2.24, 2.45) is 11.8 Å². The first kappa shape index (κ1) is 19.1. The van der Waals surface area contributed by atoms with E-state index in [-0.39, 0.29) is 23.4 Å². The molecule has 0 radical (unpaired) electrons. The van der Waals surface area contributed by atoms with Crippen LogP contribution in [0.25, 0.3) is 6.08 Å². The van der Waals surface area contributed by atoms with Crippen molar-refractivity contribution in [2.75, 3.05) is 4.90 Å². The van der Waals surface area contributed by atoms with Crippen molar-refractivity contribution in [1.82, 2.24) is 4.90 Å². The second-order valence-electron chi connectivity index (χ2n) is 8.16. The number of nitrogens with zero attached hydrogens (tertiary/aromatic N) is 2. The standard InChI is InChI=1S/C25H17ClN2O4/c26-15-7-9-16(10-8-15)28-24(30)19-20(25(28)31)22(23(29)18-6-3-13-32-18)27-12-11-14-4-1-2-5-17(14)21(19)27/h1-13,19-22H/t19-,20+,21+,22-/m1/s1. The summed E-state index contributed by atoms with van der Waals surface area (Å²) in [5, 5.41) is 0.511. The maximum Gasteiger partial charge on any atom is 0.240 e. The lowest BCUT2D eigenvalue weighted by Gasteiger charge is -2.35. The van der Waals surface area contributed by atoms with Gasteiger partial charge in [0, 0.05) is 11.2 Å². The molecule has 2 fully saturated rings. The van der Waals surface area contributed by atoms with Gasteiger partial charge in [-0.05, 0) is 53.6 Å². The largest absolute Gasteiger partial charge is 0.461 e. The van der Waals surface area contributed by atoms with E-state index in [1.807, 2.05) is 41.4 Å². The molecule has 0 saturated carbocycles. The van der Waals surface area contributed by atoms with Crippen molar-refractivity contribution in [3.8, 4) is 0 Å². The summed E-state index contributed by atoms with van der Waals surface area (Å²) >= 11 is 6.00. The molecule has 2 saturated heterocycles. The highest BCUT2D eigenvalue weighted by Gasteiger charge is 2.64. The SMILES string of the molecule is O=C(c1ccco1)[C@H]1[C@H]2C(=O)N(c3ccc(Cl)cc3)C(=O)[C@H]2[C@@H]2c3ccccc3C=CN12. The van der Waals surface area contributed by atoms with Crippen LogP contribution in [-0.4, -0.2) is 28.5 Å². The number of hydrogen-bond donors (Lipinski definition) is 0. The summed E-state index contributed by atoms with van der Waals surface area (Å²) in [6.45, 7) is 0. The Hall–Kier alpha value is -3.64. The molecular formula is C25H17ClN2O4. The lowest BCUT2D eigenvalue weighted by atomic mass is 9.84. The van der Waals surface area contributed by atoms with E-state index in [0.717, 1.165) is 11.1 Å². The number of anilines is 1. The smallest absolute Gasteiger partial charge is 0.240 e. The van der Waals surface area contributed by atoms with E-state index in [1.165, 1.54) is 11.2 Å². The number of hydrogen-bond acceptors (Lipinski definition) is 5. The van der Waals surface area contributed by atoms with Crippen LogP contribution in [0.4, 0.5) is 5.69 Å². The summed E-state index contributed by atoms with van der Waals surface area (Å²) in [6, 6.07) is 16.3. The third-order valence-electron chi connectivity index (χ3n) is 6.58. The molecule has 2 aromatic carbocycles. The van der Waals surface area contributed by atoms with Crippen LogP contribution in [0.3, 0.4) is 0 Å². The van der Waals surface area contributed by atoms with Gasteiger partial charge in [0.1, 0.15) is 6.04 Å². The zero-order valence-corrected chi connectivity index (χ0v) is 17.5. The van der Waals surface area contributed by atoms with Gasteiger partial charge in [0.05, 0.1) is 29.8 Å². The van der Waals surface area contributed by atoms with Crippen LogP contribution in [0.2, 0.25) is 5.02 Å². The third kappa shape index (κ3) is 2.56. The minimum Gasteiger partial charge on any atom is -0.461 e. The molecule has 3 aliphatic heterocycles. The minimum absolute atomic E-state index is 0.173. The van der Waals surface area contributed by atoms with Crippen molar-refractivity contribution in [3.63, 3.8) is 0 Å².